The predicted octanol–water partition coefficient (Wildman–Crippen LogP) is 2.25. The van der Waals surface area contributed by atoms with Gasteiger partial charge in [0.05, 0.1) is 17.4 Å². The van der Waals surface area contributed by atoms with Crippen LogP contribution in [0, 0.1) is 0 Å². The van der Waals surface area contributed by atoms with Gasteiger partial charge in [-0.25, -0.2) is 0 Å². The number of nitrogens with zero attached hydrogens (tertiary/aromatic N) is 2. The Morgan fingerprint density at radius 3 is 2.53 bits per heavy atom. The highest BCUT2D eigenvalue weighted by Gasteiger charge is 2.31. The largest absolute Gasteiger partial charge is 0.417 e. The molecule has 2 rings (SSSR count). The van der Waals surface area contributed by atoms with E-state index in [9.17, 15) is 18.0 Å². The zero-order chi connectivity index (χ0) is 12.5. The number of pyridine rings is 2. The summed E-state index contributed by atoms with van der Waals surface area (Å²) in [6.45, 7) is 0. The van der Waals surface area contributed by atoms with Crippen molar-refractivity contribution in [1.82, 2.24) is 9.55 Å². The fraction of sp³-hybridized carbons (Fsp3) is 0.0909. The molecule has 0 N–H and O–H groups in total. The molecule has 0 amide bonds. The van der Waals surface area contributed by atoms with Crippen LogP contribution in [-0.2, 0) is 6.18 Å². The summed E-state index contributed by atoms with van der Waals surface area (Å²) in [6.07, 6.45) is -0.916. The van der Waals surface area contributed by atoms with Crippen LogP contribution in [0.4, 0.5) is 13.2 Å². The average molecular weight is 240 g/mol. The van der Waals surface area contributed by atoms with Gasteiger partial charge in [0.2, 0.25) is 0 Å². The third-order valence-electron chi connectivity index (χ3n) is 2.16. The van der Waals surface area contributed by atoms with Crippen LogP contribution in [0.2, 0.25) is 0 Å². The van der Waals surface area contributed by atoms with Gasteiger partial charge in [-0.15, -0.1) is 0 Å². The van der Waals surface area contributed by atoms with Crippen molar-refractivity contribution in [3.05, 3.63) is 58.8 Å². The molecular weight excluding hydrogens is 233 g/mol. The van der Waals surface area contributed by atoms with Crippen molar-refractivity contribution < 1.29 is 13.2 Å². The highest BCUT2D eigenvalue weighted by atomic mass is 19.4. The highest BCUT2D eigenvalue weighted by molar-refractivity contribution is 5.30. The van der Waals surface area contributed by atoms with Crippen LogP contribution in [-0.4, -0.2) is 9.55 Å². The molecule has 0 aromatic carbocycles. The van der Waals surface area contributed by atoms with Crippen LogP contribution in [0.25, 0.3) is 5.69 Å². The lowest BCUT2D eigenvalue weighted by Gasteiger charge is -2.10. The number of halogens is 3. The average Bonchev–Trinajstić information content (AvgIpc) is 2.29. The molecule has 6 heteroatoms. The Kier molecular flexibility index (Phi) is 2.71. The van der Waals surface area contributed by atoms with E-state index in [4.69, 9.17) is 0 Å². The van der Waals surface area contributed by atoms with E-state index < -0.39 is 17.3 Å². The summed E-state index contributed by atoms with van der Waals surface area (Å²) >= 11 is 0. The Hall–Kier alpha value is -2.11. The molecule has 0 fully saturated rings. The van der Waals surface area contributed by atoms with E-state index >= 15 is 0 Å². The van der Waals surface area contributed by atoms with E-state index in [0.717, 1.165) is 22.9 Å². The molecule has 3 nitrogen and oxygen atoms in total. The fourth-order valence-corrected chi connectivity index (χ4v) is 1.35. The monoisotopic (exact) mass is 240 g/mol. The third kappa shape index (κ3) is 2.35. The molecule has 2 aromatic rings. The van der Waals surface area contributed by atoms with Crippen LogP contribution < -0.4 is 5.56 Å². The lowest BCUT2D eigenvalue weighted by atomic mass is 10.2. The lowest BCUT2D eigenvalue weighted by Crippen LogP contribution is -2.19. The number of alkyl halides is 3. The van der Waals surface area contributed by atoms with Crippen LogP contribution in [0.3, 0.4) is 0 Å². The first-order chi connectivity index (χ1) is 7.98. The third-order valence-corrected chi connectivity index (χ3v) is 2.16. The summed E-state index contributed by atoms with van der Waals surface area (Å²) in [4.78, 5) is 15.2. The number of aromatic nitrogens is 2. The van der Waals surface area contributed by atoms with E-state index in [1.165, 1.54) is 18.5 Å². The second kappa shape index (κ2) is 4.04. The van der Waals surface area contributed by atoms with Gasteiger partial charge < -0.3 is 0 Å². The van der Waals surface area contributed by atoms with Gasteiger partial charge in [0, 0.05) is 18.5 Å². The zero-order valence-corrected chi connectivity index (χ0v) is 8.48. The van der Waals surface area contributed by atoms with E-state index in [1.807, 2.05) is 0 Å². The van der Waals surface area contributed by atoms with Gasteiger partial charge in [0.1, 0.15) is 0 Å². The Labute approximate surface area is 94.2 Å². The molecule has 2 aromatic heterocycles. The summed E-state index contributed by atoms with van der Waals surface area (Å²) in [5, 5.41) is 0. The van der Waals surface area contributed by atoms with Gasteiger partial charge in [-0.2, -0.15) is 13.2 Å². The maximum atomic E-state index is 12.5. The Bertz CT molecular complexity index is 575. The molecule has 0 radical (unpaired) electrons. The molecule has 0 unspecified atom stereocenters. The maximum absolute atomic E-state index is 12.5. The summed E-state index contributed by atoms with van der Waals surface area (Å²) in [5.74, 6) is 0. The van der Waals surface area contributed by atoms with E-state index in [1.54, 1.807) is 6.07 Å². The topological polar surface area (TPSA) is 34.9 Å². The number of rotatable bonds is 1. The van der Waals surface area contributed by atoms with Crippen LogP contribution >= 0.6 is 0 Å². The SMILES string of the molecule is O=c1ccc(C(F)(F)F)cn1-c1cccnc1. The first-order valence-electron chi connectivity index (χ1n) is 4.69. The fourth-order valence-electron chi connectivity index (χ4n) is 1.35. The van der Waals surface area contributed by atoms with E-state index in [0.29, 0.717) is 5.69 Å². The number of hydrogen-bond donors (Lipinski definition) is 0. The maximum Gasteiger partial charge on any atom is 0.417 e. The zero-order valence-electron chi connectivity index (χ0n) is 8.48. The van der Waals surface area contributed by atoms with E-state index in [2.05, 4.69) is 4.98 Å². The molecule has 0 saturated carbocycles. The van der Waals surface area contributed by atoms with Crippen molar-refractivity contribution in [1.29, 1.82) is 0 Å². The summed E-state index contributed by atoms with van der Waals surface area (Å²) in [7, 11) is 0. The second-order valence-electron chi connectivity index (χ2n) is 3.33. The van der Waals surface area contributed by atoms with Crippen molar-refractivity contribution in [3.63, 3.8) is 0 Å². The molecule has 88 valence electrons. The molecule has 0 atom stereocenters. The van der Waals surface area contributed by atoms with Gasteiger partial charge in [0.25, 0.3) is 5.56 Å². The first-order valence-corrected chi connectivity index (χ1v) is 4.69. The minimum absolute atomic E-state index is 0.295. The standard InChI is InChI=1S/C11H7F3N2O/c12-11(13,14)8-3-4-10(17)16(7-8)9-2-1-5-15-6-9/h1-7H. The Morgan fingerprint density at radius 1 is 1.18 bits per heavy atom. The smallest absolute Gasteiger partial charge is 0.282 e. The highest BCUT2D eigenvalue weighted by Crippen LogP contribution is 2.28. The van der Waals surface area contributed by atoms with Crippen molar-refractivity contribution in [2.24, 2.45) is 0 Å². The van der Waals surface area contributed by atoms with Crippen molar-refractivity contribution in [2.45, 2.75) is 6.18 Å². The Morgan fingerprint density at radius 2 is 1.94 bits per heavy atom. The summed E-state index contributed by atoms with van der Waals surface area (Å²) < 4.78 is 38.4. The molecule has 0 aliphatic rings. The molecule has 17 heavy (non-hydrogen) atoms. The molecular formula is C11H7F3N2O. The van der Waals surface area contributed by atoms with Crippen LogP contribution in [0.1, 0.15) is 5.56 Å². The second-order valence-corrected chi connectivity index (χ2v) is 3.33. The minimum Gasteiger partial charge on any atom is -0.282 e. The normalized spacial score (nSPS) is 11.5. The van der Waals surface area contributed by atoms with Gasteiger partial charge in [-0.1, -0.05) is 0 Å². The van der Waals surface area contributed by atoms with Gasteiger partial charge in [0.15, 0.2) is 0 Å². The summed E-state index contributed by atoms with van der Waals surface area (Å²) in [5.41, 5.74) is -1.12. The van der Waals surface area contributed by atoms with Crippen LogP contribution in [0.5, 0.6) is 0 Å². The Balaban J connectivity index is 2.59. The molecule has 0 aliphatic carbocycles. The summed E-state index contributed by atoms with van der Waals surface area (Å²) in [6, 6.07) is 4.70. The molecule has 0 spiro atoms. The predicted molar refractivity (Wildman–Crippen MR) is 54.8 cm³/mol. The molecule has 0 bridgehead atoms. The first kappa shape index (κ1) is 11.4. The van der Waals surface area contributed by atoms with E-state index in [-0.39, 0.29) is 0 Å². The van der Waals surface area contributed by atoms with Crippen molar-refractivity contribution in [3.8, 4) is 5.69 Å². The van der Waals surface area contributed by atoms with Crippen molar-refractivity contribution >= 4 is 0 Å². The molecule has 0 saturated heterocycles. The van der Waals surface area contributed by atoms with Crippen LogP contribution in [0.15, 0.2) is 47.7 Å². The quantitative estimate of drug-likeness (QED) is 0.766. The lowest BCUT2D eigenvalue weighted by molar-refractivity contribution is -0.138. The van der Waals surface area contributed by atoms with Gasteiger partial charge in [-0.05, 0) is 18.2 Å². The molecule has 0 aliphatic heterocycles. The minimum atomic E-state index is -4.47. The number of hydrogen-bond acceptors (Lipinski definition) is 2. The van der Waals surface area contributed by atoms with Crippen molar-refractivity contribution in [2.75, 3.05) is 0 Å². The van der Waals surface area contributed by atoms with Gasteiger partial charge >= 0.3 is 6.18 Å². The molecule has 2 heterocycles. The van der Waals surface area contributed by atoms with Gasteiger partial charge in [-0.3, -0.25) is 14.3 Å².